The Balaban J connectivity index is 1.67. The Bertz CT molecular complexity index is 271. The lowest BCUT2D eigenvalue weighted by Gasteiger charge is -2.47. The number of hydrogen-bond donors (Lipinski definition) is 2. The fourth-order valence-electron chi connectivity index (χ4n) is 4.59. The summed E-state index contributed by atoms with van der Waals surface area (Å²) in [6, 6.07) is 2.30. The summed E-state index contributed by atoms with van der Waals surface area (Å²) >= 11 is 0. The second-order valence-corrected chi connectivity index (χ2v) is 6.92. The molecule has 0 aromatic carbocycles. The van der Waals surface area contributed by atoms with E-state index in [-0.39, 0.29) is 5.54 Å². The van der Waals surface area contributed by atoms with Crippen LogP contribution in [0.25, 0.3) is 0 Å². The highest BCUT2D eigenvalue weighted by molar-refractivity contribution is 5.06. The molecule has 3 N–H and O–H groups in total. The van der Waals surface area contributed by atoms with E-state index in [0.29, 0.717) is 0 Å². The van der Waals surface area contributed by atoms with Crippen LogP contribution < -0.4 is 11.1 Å². The highest BCUT2D eigenvalue weighted by atomic mass is 15.2. The summed E-state index contributed by atoms with van der Waals surface area (Å²) in [5.74, 6) is 0. The van der Waals surface area contributed by atoms with Crippen molar-refractivity contribution in [1.29, 1.82) is 0 Å². The Kier molecular flexibility index (Phi) is 3.65. The zero-order valence-corrected chi connectivity index (χ0v) is 11.8. The fourth-order valence-corrected chi connectivity index (χ4v) is 4.59. The van der Waals surface area contributed by atoms with Crippen molar-refractivity contribution in [3.8, 4) is 0 Å². The number of nitrogens with one attached hydrogen (secondary N) is 1. The third kappa shape index (κ3) is 2.33. The molecule has 3 rings (SSSR count). The van der Waals surface area contributed by atoms with Gasteiger partial charge in [0.15, 0.2) is 0 Å². The second kappa shape index (κ2) is 5.10. The molecule has 3 fully saturated rings. The van der Waals surface area contributed by atoms with Crippen molar-refractivity contribution in [3.05, 3.63) is 0 Å². The Labute approximate surface area is 111 Å². The Hall–Kier alpha value is -0.120. The normalized spacial score (nSPS) is 42.3. The first-order valence-electron chi connectivity index (χ1n) is 7.92. The largest absolute Gasteiger partial charge is 0.329 e. The quantitative estimate of drug-likeness (QED) is 0.804. The second-order valence-electron chi connectivity index (χ2n) is 6.92. The molecule has 0 amide bonds. The molecule has 2 unspecified atom stereocenters. The minimum Gasteiger partial charge on any atom is -0.329 e. The number of nitrogens with two attached hydrogens (primary N) is 1. The van der Waals surface area contributed by atoms with Crippen LogP contribution in [0.3, 0.4) is 0 Å². The lowest BCUT2D eigenvalue weighted by Crippen LogP contribution is -2.62. The lowest BCUT2D eigenvalue weighted by molar-refractivity contribution is 0.0818. The first-order chi connectivity index (χ1) is 8.72. The van der Waals surface area contributed by atoms with Crippen LogP contribution in [0.15, 0.2) is 0 Å². The van der Waals surface area contributed by atoms with Gasteiger partial charge in [0.2, 0.25) is 0 Å². The molecule has 0 radical (unpaired) electrons. The zero-order valence-electron chi connectivity index (χ0n) is 11.8. The molecule has 0 aromatic heterocycles. The molecule has 104 valence electrons. The molecule has 1 aliphatic carbocycles. The van der Waals surface area contributed by atoms with Gasteiger partial charge in [-0.15, -0.1) is 0 Å². The van der Waals surface area contributed by atoms with Crippen molar-refractivity contribution in [3.63, 3.8) is 0 Å². The van der Waals surface area contributed by atoms with Crippen LogP contribution in [-0.2, 0) is 0 Å². The Morgan fingerprint density at radius 3 is 2.22 bits per heavy atom. The summed E-state index contributed by atoms with van der Waals surface area (Å²) < 4.78 is 0. The van der Waals surface area contributed by atoms with Gasteiger partial charge in [0.1, 0.15) is 0 Å². The molecule has 2 heterocycles. The van der Waals surface area contributed by atoms with Crippen LogP contribution in [0.2, 0.25) is 0 Å². The molecule has 2 aliphatic heterocycles. The smallest absolute Gasteiger partial charge is 0.0336 e. The summed E-state index contributed by atoms with van der Waals surface area (Å²) in [6.45, 7) is 0.824. The van der Waals surface area contributed by atoms with E-state index >= 15 is 0 Å². The Morgan fingerprint density at radius 1 is 1.06 bits per heavy atom. The van der Waals surface area contributed by atoms with Crippen LogP contribution in [0, 0.1) is 0 Å². The first kappa shape index (κ1) is 12.9. The number of hydrogen-bond acceptors (Lipinski definition) is 3. The molecule has 3 aliphatic rings. The Morgan fingerprint density at radius 2 is 1.67 bits per heavy atom. The summed E-state index contributed by atoms with van der Waals surface area (Å²) in [7, 11) is 2.31. The first-order valence-corrected chi connectivity index (χ1v) is 7.92. The summed E-state index contributed by atoms with van der Waals surface area (Å²) in [5.41, 5.74) is 6.42. The van der Waals surface area contributed by atoms with E-state index in [0.717, 1.165) is 24.7 Å². The van der Waals surface area contributed by atoms with Gasteiger partial charge in [-0.2, -0.15) is 0 Å². The van der Waals surface area contributed by atoms with Gasteiger partial charge >= 0.3 is 0 Å². The van der Waals surface area contributed by atoms with Crippen molar-refractivity contribution in [2.24, 2.45) is 5.73 Å². The highest BCUT2D eigenvalue weighted by Gasteiger charge is 2.46. The minimum atomic E-state index is 0.250. The molecule has 2 bridgehead atoms. The van der Waals surface area contributed by atoms with Gasteiger partial charge in [0, 0.05) is 30.2 Å². The van der Waals surface area contributed by atoms with Crippen molar-refractivity contribution < 1.29 is 0 Å². The summed E-state index contributed by atoms with van der Waals surface area (Å²) in [4.78, 5) is 2.61. The lowest BCUT2D eigenvalue weighted by atomic mass is 9.81. The number of fused-ring (bicyclic) bond motifs is 2. The molecule has 3 heteroatoms. The van der Waals surface area contributed by atoms with Crippen molar-refractivity contribution in [2.75, 3.05) is 13.6 Å². The molecule has 1 saturated carbocycles. The van der Waals surface area contributed by atoms with E-state index in [1.807, 2.05) is 0 Å². The zero-order chi connectivity index (χ0) is 12.6. The standard InChI is InChI=1S/C15H29N3/c1-18-13-7-8-14(18)10-15(9-13,11-16)17-12-5-3-2-4-6-12/h12-14,17H,2-11,16H2,1H3. The third-order valence-electron chi connectivity index (χ3n) is 5.74. The van der Waals surface area contributed by atoms with Gasteiger partial charge in [-0.3, -0.25) is 0 Å². The van der Waals surface area contributed by atoms with Crippen LogP contribution in [0.5, 0.6) is 0 Å². The van der Waals surface area contributed by atoms with Gasteiger partial charge in [0.25, 0.3) is 0 Å². The van der Waals surface area contributed by atoms with Gasteiger partial charge in [-0.25, -0.2) is 0 Å². The molecule has 0 aromatic rings. The third-order valence-corrected chi connectivity index (χ3v) is 5.74. The van der Waals surface area contributed by atoms with Crippen molar-refractivity contribution in [2.45, 2.75) is 81.5 Å². The van der Waals surface area contributed by atoms with E-state index in [4.69, 9.17) is 5.73 Å². The van der Waals surface area contributed by atoms with Gasteiger partial charge in [-0.1, -0.05) is 19.3 Å². The minimum absolute atomic E-state index is 0.250. The molecule has 3 nitrogen and oxygen atoms in total. The average molecular weight is 251 g/mol. The van der Waals surface area contributed by atoms with Gasteiger partial charge in [0.05, 0.1) is 0 Å². The SMILES string of the molecule is CN1C2CCC1CC(CN)(NC1CCCCC1)C2. The van der Waals surface area contributed by atoms with E-state index < -0.39 is 0 Å². The van der Waals surface area contributed by atoms with Crippen LogP contribution in [-0.4, -0.2) is 42.2 Å². The van der Waals surface area contributed by atoms with E-state index in [1.165, 1.54) is 57.8 Å². The predicted octanol–water partition coefficient (Wildman–Crippen LogP) is 1.86. The molecule has 0 spiro atoms. The summed E-state index contributed by atoms with van der Waals surface area (Å²) in [5, 5.41) is 3.99. The van der Waals surface area contributed by atoms with Crippen molar-refractivity contribution in [1.82, 2.24) is 10.2 Å². The van der Waals surface area contributed by atoms with Gasteiger partial charge in [-0.05, 0) is 45.6 Å². The number of rotatable bonds is 3. The molecule has 18 heavy (non-hydrogen) atoms. The maximum Gasteiger partial charge on any atom is 0.0336 e. The van der Waals surface area contributed by atoms with Crippen molar-refractivity contribution >= 4 is 0 Å². The van der Waals surface area contributed by atoms with Gasteiger partial charge < -0.3 is 16.0 Å². The topological polar surface area (TPSA) is 41.3 Å². The fraction of sp³-hybridized carbons (Fsp3) is 1.00. The van der Waals surface area contributed by atoms with E-state index in [1.54, 1.807) is 0 Å². The monoisotopic (exact) mass is 251 g/mol. The maximum absolute atomic E-state index is 6.17. The summed E-state index contributed by atoms with van der Waals surface area (Å²) in [6.07, 6.45) is 12.3. The van der Waals surface area contributed by atoms with Crippen LogP contribution in [0.1, 0.15) is 57.8 Å². The average Bonchev–Trinajstić information content (AvgIpc) is 2.64. The molecule has 2 saturated heterocycles. The maximum atomic E-state index is 6.17. The van der Waals surface area contributed by atoms with Crippen LogP contribution in [0.4, 0.5) is 0 Å². The molecular formula is C15H29N3. The highest BCUT2D eigenvalue weighted by Crippen LogP contribution is 2.40. The van der Waals surface area contributed by atoms with E-state index in [2.05, 4.69) is 17.3 Å². The predicted molar refractivity (Wildman–Crippen MR) is 75.6 cm³/mol. The molecular weight excluding hydrogens is 222 g/mol. The van der Waals surface area contributed by atoms with E-state index in [9.17, 15) is 0 Å². The van der Waals surface area contributed by atoms with Crippen LogP contribution >= 0.6 is 0 Å². The number of nitrogens with zero attached hydrogens (tertiary/aromatic N) is 1. The molecule has 2 atom stereocenters. The number of piperidine rings is 1.